The Morgan fingerprint density at radius 1 is 0.931 bits per heavy atom. The fourth-order valence-corrected chi connectivity index (χ4v) is 8.40. The number of amides is 4. The van der Waals surface area contributed by atoms with Gasteiger partial charge >= 0.3 is 0 Å². The van der Waals surface area contributed by atoms with Gasteiger partial charge < -0.3 is 19.7 Å². The summed E-state index contributed by atoms with van der Waals surface area (Å²) in [6, 6.07) is 13.8. The molecule has 2 saturated heterocycles. The number of benzene rings is 3. The summed E-state index contributed by atoms with van der Waals surface area (Å²) in [6.45, 7) is 2.12. The molecule has 0 bridgehead atoms. The molecule has 2 aromatic heterocycles. The third-order valence-electron chi connectivity index (χ3n) is 11.6. The Hall–Kier alpha value is -6.25. The topological polar surface area (TPSA) is 137 Å². The van der Waals surface area contributed by atoms with E-state index in [2.05, 4.69) is 20.6 Å². The summed E-state index contributed by atoms with van der Waals surface area (Å²) in [6.07, 6.45) is 7.60. The van der Waals surface area contributed by atoms with Crippen molar-refractivity contribution in [3.05, 3.63) is 107 Å². The number of hydrogen-bond donors (Lipinski definition) is 2. The van der Waals surface area contributed by atoms with E-state index >= 15 is 13.2 Å². The number of halogens is 3. The van der Waals surface area contributed by atoms with Crippen LogP contribution in [0.25, 0.3) is 27.6 Å². The third kappa shape index (κ3) is 7.60. The van der Waals surface area contributed by atoms with E-state index in [1.54, 1.807) is 48.2 Å². The quantitative estimate of drug-likeness (QED) is 0.171. The minimum Gasteiger partial charge on any atom is -0.369 e. The molecular weight excluding hydrogens is 750 g/mol. The van der Waals surface area contributed by atoms with Gasteiger partial charge in [0.25, 0.3) is 5.91 Å². The van der Waals surface area contributed by atoms with Gasteiger partial charge in [0.2, 0.25) is 17.7 Å². The molecule has 3 aliphatic rings. The molecule has 2 fully saturated rings. The molecule has 58 heavy (non-hydrogen) atoms. The summed E-state index contributed by atoms with van der Waals surface area (Å²) >= 11 is 0. The van der Waals surface area contributed by atoms with Crippen LogP contribution in [0.5, 0.6) is 0 Å². The first-order valence-corrected chi connectivity index (χ1v) is 19.5. The molecule has 1 atom stereocenters. The minimum atomic E-state index is -0.917. The van der Waals surface area contributed by atoms with Gasteiger partial charge in [-0.3, -0.25) is 29.2 Å². The first-order valence-electron chi connectivity index (χ1n) is 19.5. The lowest BCUT2D eigenvalue weighted by Crippen LogP contribution is -2.40. The molecule has 12 nitrogen and oxygen atoms in total. The lowest BCUT2D eigenvalue weighted by atomic mass is 9.87. The molecule has 0 radical (unpaired) electrons. The molecule has 0 saturated carbocycles. The molecule has 3 aromatic carbocycles. The van der Waals surface area contributed by atoms with Crippen LogP contribution in [0.2, 0.25) is 0 Å². The number of hydrogen-bond acceptors (Lipinski definition) is 7. The van der Waals surface area contributed by atoms with Crippen molar-refractivity contribution in [2.75, 3.05) is 45.2 Å². The highest BCUT2D eigenvalue weighted by Crippen LogP contribution is 2.39. The van der Waals surface area contributed by atoms with E-state index in [9.17, 15) is 19.2 Å². The van der Waals surface area contributed by atoms with Crippen molar-refractivity contribution in [1.29, 1.82) is 0 Å². The highest BCUT2D eigenvalue weighted by molar-refractivity contribution is 6.04. The molecule has 2 N–H and O–H groups in total. The van der Waals surface area contributed by atoms with Gasteiger partial charge in [0.15, 0.2) is 5.82 Å². The fourth-order valence-electron chi connectivity index (χ4n) is 8.40. The lowest BCUT2D eigenvalue weighted by Gasteiger charge is -2.34. The Morgan fingerprint density at radius 2 is 1.71 bits per heavy atom. The van der Waals surface area contributed by atoms with Crippen LogP contribution in [0.4, 0.5) is 18.9 Å². The Bertz CT molecular complexity index is 2440. The molecule has 1 unspecified atom stereocenters. The smallest absolute Gasteiger partial charge is 0.269 e. The van der Waals surface area contributed by atoms with E-state index < -0.39 is 35.2 Å². The van der Waals surface area contributed by atoms with Gasteiger partial charge in [0, 0.05) is 81.9 Å². The first-order chi connectivity index (χ1) is 27.9. The molecule has 5 heterocycles. The molecule has 5 aromatic rings. The van der Waals surface area contributed by atoms with Crippen LogP contribution in [-0.2, 0) is 20.9 Å². The number of imide groups is 1. The standard InChI is InChI=1S/C43H43F3N8O4/c1-51(2)43(58)36-22-33-30(20-31(40(46)41(33)48-36)28-4-3-15-53(24-28)39(56)13-18-54-19-14-47-50-54)27-7-5-25(6-8-27)26-11-16-52(17-12-26)37-23-34(44)32(21-35(37)45)29-9-10-38(55)49-42(29)57/h4-8,14,19-23,26,29,48H,3,9-13,15-18,24H2,1-2H3,(H,49,55,57). The highest BCUT2D eigenvalue weighted by Gasteiger charge is 2.32. The molecule has 3 aliphatic heterocycles. The van der Waals surface area contributed by atoms with E-state index in [4.69, 9.17) is 0 Å². The maximum atomic E-state index is 16.5. The van der Waals surface area contributed by atoms with Crippen molar-refractivity contribution in [3.8, 4) is 11.1 Å². The number of carbonyl (C=O) groups is 4. The van der Waals surface area contributed by atoms with Crippen LogP contribution < -0.4 is 10.2 Å². The number of nitrogens with zero attached hydrogens (tertiary/aromatic N) is 6. The maximum Gasteiger partial charge on any atom is 0.269 e. The Balaban J connectivity index is 1.01. The number of aromatic amines is 1. The van der Waals surface area contributed by atoms with Gasteiger partial charge in [-0.15, -0.1) is 5.10 Å². The summed E-state index contributed by atoms with van der Waals surface area (Å²) in [4.78, 5) is 58.1. The molecule has 300 valence electrons. The normalized spacial score (nSPS) is 17.7. The lowest BCUT2D eigenvalue weighted by molar-refractivity contribution is -0.134. The molecule has 4 amide bonds. The zero-order valence-electron chi connectivity index (χ0n) is 32.2. The average molecular weight is 793 g/mol. The van der Waals surface area contributed by atoms with E-state index in [-0.39, 0.29) is 66.0 Å². The second kappa shape index (κ2) is 15.9. The zero-order valence-corrected chi connectivity index (χ0v) is 32.2. The summed E-state index contributed by atoms with van der Waals surface area (Å²) in [5.74, 6) is -3.94. The number of nitrogens with one attached hydrogen (secondary N) is 2. The van der Waals surface area contributed by atoms with E-state index in [1.165, 1.54) is 4.90 Å². The van der Waals surface area contributed by atoms with Crippen molar-refractivity contribution < 1.29 is 32.3 Å². The minimum absolute atomic E-state index is 0.0464. The van der Waals surface area contributed by atoms with Gasteiger partial charge in [0.05, 0.1) is 29.9 Å². The Morgan fingerprint density at radius 3 is 2.41 bits per heavy atom. The number of fused-ring (bicyclic) bond motifs is 1. The van der Waals surface area contributed by atoms with E-state index in [0.29, 0.717) is 62.0 Å². The number of H-pyrrole nitrogens is 1. The molecule has 0 aliphatic carbocycles. The van der Waals surface area contributed by atoms with Crippen LogP contribution in [0.15, 0.2) is 67.0 Å². The van der Waals surface area contributed by atoms with Gasteiger partial charge in [-0.2, -0.15) is 0 Å². The zero-order chi connectivity index (χ0) is 40.7. The molecule has 8 rings (SSSR count). The Kier molecular flexibility index (Phi) is 10.6. The molecular formula is C43H43F3N8O4. The number of rotatable bonds is 9. The summed E-state index contributed by atoms with van der Waals surface area (Å²) in [5, 5.41) is 10.5. The summed E-state index contributed by atoms with van der Waals surface area (Å²) < 4.78 is 48.8. The molecule has 0 spiro atoms. The predicted octanol–water partition coefficient (Wildman–Crippen LogP) is 6.16. The number of aryl methyl sites for hydroxylation is 1. The van der Waals surface area contributed by atoms with Crippen molar-refractivity contribution in [1.82, 2.24) is 35.1 Å². The number of aromatic nitrogens is 4. The van der Waals surface area contributed by atoms with Crippen LogP contribution in [-0.4, -0.2) is 93.7 Å². The second-order valence-corrected chi connectivity index (χ2v) is 15.4. The van der Waals surface area contributed by atoms with Crippen LogP contribution >= 0.6 is 0 Å². The predicted molar refractivity (Wildman–Crippen MR) is 211 cm³/mol. The van der Waals surface area contributed by atoms with Gasteiger partial charge in [-0.1, -0.05) is 35.6 Å². The first kappa shape index (κ1) is 38.6. The fraction of sp³-hybridized carbons (Fsp3) is 0.349. The van der Waals surface area contributed by atoms with Crippen molar-refractivity contribution in [2.45, 2.75) is 56.9 Å². The average Bonchev–Trinajstić information content (AvgIpc) is 3.93. The molecule has 15 heteroatoms. The third-order valence-corrected chi connectivity index (χ3v) is 11.6. The Labute approximate surface area is 332 Å². The monoisotopic (exact) mass is 792 g/mol. The number of anilines is 1. The SMILES string of the molecule is CN(C)C(=O)c1cc2c(-c3ccc(C4CCN(c5cc(F)c(C6CCC(=O)NC6=O)cc5F)CC4)cc3)cc(C3=CCCN(C(=O)CCn4ccnn4)C3)c(F)c2[nH]1. The number of piperidine rings is 2. The van der Waals surface area contributed by atoms with Crippen molar-refractivity contribution in [3.63, 3.8) is 0 Å². The second-order valence-electron chi connectivity index (χ2n) is 15.4. The van der Waals surface area contributed by atoms with E-state index in [1.807, 2.05) is 35.2 Å². The van der Waals surface area contributed by atoms with Gasteiger partial charge in [0.1, 0.15) is 17.3 Å². The van der Waals surface area contributed by atoms with Crippen molar-refractivity contribution in [2.24, 2.45) is 0 Å². The summed E-state index contributed by atoms with van der Waals surface area (Å²) in [7, 11) is 3.27. The van der Waals surface area contributed by atoms with Crippen LogP contribution in [0.1, 0.15) is 77.5 Å². The maximum absolute atomic E-state index is 16.5. The van der Waals surface area contributed by atoms with Crippen LogP contribution in [0, 0.1) is 17.5 Å². The van der Waals surface area contributed by atoms with Crippen LogP contribution in [0.3, 0.4) is 0 Å². The van der Waals surface area contributed by atoms with Gasteiger partial charge in [-0.25, -0.2) is 13.2 Å². The number of carbonyl (C=O) groups excluding carboxylic acids is 4. The largest absolute Gasteiger partial charge is 0.369 e. The highest BCUT2D eigenvalue weighted by atomic mass is 19.1. The van der Waals surface area contributed by atoms with Crippen molar-refractivity contribution >= 4 is 45.8 Å². The van der Waals surface area contributed by atoms with E-state index in [0.717, 1.165) is 28.8 Å². The van der Waals surface area contributed by atoms with Gasteiger partial charge in [-0.05, 0) is 72.1 Å². The summed E-state index contributed by atoms with van der Waals surface area (Å²) in [5.41, 5.74) is 4.22.